The van der Waals surface area contributed by atoms with Crippen molar-refractivity contribution >= 4 is 48.4 Å². The molecule has 136 valence electrons. The van der Waals surface area contributed by atoms with Crippen LogP contribution in [0.2, 0.25) is 0 Å². The molecule has 3 rings (SSSR count). The van der Waals surface area contributed by atoms with Crippen LogP contribution in [0.25, 0.3) is 10.2 Å². The van der Waals surface area contributed by atoms with Crippen LogP contribution in [0.4, 0.5) is 20.0 Å². The maximum Gasteiger partial charge on any atom is 0.319 e. The SMILES string of the molecule is CS(=O)(=O)Nc1nc2cc(NC(=O)NCc3ccc(F)cc3)ccc2s1. The van der Waals surface area contributed by atoms with Crippen molar-refractivity contribution in [2.45, 2.75) is 6.54 Å². The van der Waals surface area contributed by atoms with Crippen LogP contribution in [0, 0.1) is 5.82 Å². The number of carbonyl (C=O) groups excluding carboxylic acids is 1. The molecule has 0 aliphatic carbocycles. The molecule has 0 radical (unpaired) electrons. The predicted molar refractivity (Wildman–Crippen MR) is 100 cm³/mol. The summed E-state index contributed by atoms with van der Waals surface area (Å²) >= 11 is 1.20. The number of benzene rings is 2. The summed E-state index contributed by atoms with van der Waals surface area (Å²) in [5.74, 6) is -0.334. The van der Waals surface area contributed by atoms with Gasteiger partial charge in [0.2, 0.25) is 10.0 Å². The summed E-state index contributed by atoms with van der Waals surface area (Å²) < 4.78 is 38.5. The Labute approximate surface area is 153 Å². The van der Waals surface area contributed by atoms with E-state index in [-0.39, 0.29) is 17.5 Å². The number of nitrogens with one attached hydrogen (secondary N) is 3. The van der Waals surface area contributed by atoms with Crippen LogP contribution in [0.15, 0.2) is 42.5 Å². The number of urea groups is 1. The van der Waals surface area contributed by atoms with Gasteiger partial charge in [-0.2, -0.15) is 0 Å². The number of rotatable bonds is 5. The van der Waals surface area contributed by atoms with Crippen LogP contribution < -0.4 is 15.4 Å². The first-order valence-corrected chi connectivity index (χ1v) is 10.2. The van der Waals surface area contributed by atoms with Gasteiger partial charge < -0.3 is 10.6 Å². The van der Waals surface area contributed by atoms with Crippen LogP contribution in [-0.2, 0) is 16.6 Å². The minimum absolute atomic E-state index is 0.257. The number of thiazole rings is 1. The number of halogens is 1. The van der Waals surface area contributed by atoms with E-state index < -0.39 is 16.1 Å². The van der Waals surface area contributed by atoms with Gasteiger partial charge >= 0.3 is 6.03 Å². The van der Waals surface area contributed by atoms with Gasteiger partial charge in [0.25, 0.3) is 0 Å². The largest absolute Gasteiger partial charge is 0.334 e. The Balaban J connectivity index is 1.64. The van der Waals surface area contributed by atoms with Crippen molar-refractivity contribution in [2.75, 3.05) is 16.3 Å². The van der Waals surface area contributed by atoms with Gasteiger partial charge in [0, 0.05) is 12.2 Å². The van der Waals surface area contributed by atoms with E-state index in [1.54, 1.807) is 30.3 Å². The highest BCUT2D eigenvalue weighted by atomic mass is 32.2. The third kappa shape index (κ3) is 4.90. The van der Waals surface area contributed by atoms with E-state index in [4.69, 9.17) is 0 Å². The minimum Gasteiger partial charge on any atom is -0.334 e. The molecule has 1 aromatic heterocycles. The number of hydrogen-bond acceptors (Lipinski definition) is 5. The van der Waals surface area contributed by atoms with Gasteiger partial charge in [-0.05, 0) is 35.9 Å². The highest BCUT2D eigenvalue weighted by Gasteiger charge is 2.10. The quantitative estimate of drug-likeness (QED) is 0.619. The third-order valence-electron chi connectivity index (χ3n) is 3.28. The lowest BCUT2D eigenvalue weighted by atomic mass is 10.2. The molecule has 0 saturated carbocycles. The van der Waals surface area contributed by atoms with E-state index in [2.05, 4.69) is 20.3 Å². The normalized spacial score (nSPS) is 11.3. The molecule has 0 saturated heterocycles. The molecule has 0 aliphatic heterocycles. The fourth-order valence-electron chi connectivity index (χ4n) is 2.17. The summed E-state index contributed by atoms with van der Waals surface area (Å²) in [5, 5.41) is 5.61. The zero-order valence-electron chi connectivity index (χ0n) is 13.6. The Morgan fingerprint density at radius 2 is 1.92 bits per heavy atom. The lowest BCUT2D eigenvalue weighted by molar-refractivity contribution is 0.251. The standard InChI is InChI=1S/C16H15FN4O3S2/c1-26(23,24)21-16-20-13-8-12(6-7-14(13)25-16)19-15(22)18-9-10-2-4-11(17)5-3-10/h2-8H,9H2,1H3,(H,20,21)(H2,18,19,22). The lowest BCUT2D eigenvalue weighted by Crippen LogP contribution is -2.28. The predicted octanol–water partition coefficient (Wildman–Crippen LogP) is 3.13. The van der Waals surface area contributed by atoms with Crippen molar-refractivity contribution in [3.8, 4) is 0 Å². The molecule has 2 aromatic carbocycles. The highest BCUT2D eigenvalue weighted by molar-refractivity contribution is 7.92. The Bertz CT molecular complexity index is 1050. The average Bonchev–Trinajstić information content (AvgIpc) is 2.93. The van der Waals surface area contributed by atoms with Gasteiger partial charge in [-0.3, -0.25) is 4.72 Å². The monoisotopic (exact) mass is 394 g/mol. The topological polar surface area (TPSA) is 100 Å². The molecule has 1 heterocycles. The van der Waals surface area contributed by atoms with Crippen molar-refractivity contribution < 1.29 is 17.6 Å². The Morgan fingerprint density at radius 1 is 1.19 bits per heavy atom. The number of hydrogen-bond donors (Lipinski definition) is 3. The summed E-state index contributed by atoms with van der Waals surface area (Å²) in [6.45, 7) is 0.257. The molecule has 3 N–H and O–H groups in total. The molecule has 2 amide bonds. The number of aromatic nitrogens is 1. The second kappa shape index (κ2) is 7.26. The number of amides is 2. The van der Waals surface area contributed by atoms with Gasteiger partial charge in [0.1, 0.15) is 5.82 Å². The third-order valence-corrected chi connectivity index (χ3v) is 4.93. The fraction of sp³-hybridized carbons (Fsp3) is 0.125. The Hall–Kier alpha value is -2.72. The number of sulfonamides is 1. The Kier molecular flexibility index (Phi) is 5.05. The fourth-order valence-corrected chi connectivity index (χ4v) is 3.85. The van der Waals surface area contributed by atoms with E-state index in [9.17, 15) is 17.6 Å². The molecular formula is C16H15FN4O3S2. The second-order valence-electron chi connectivity index (χ2n) is 5.51. The molecule has 0 bridgehead atoms. The van der Waals surface area contributed by atoms with Crippen molar-refractivity contribution in [1.29, 1.82) is 0 Å². The van der Waals surface area contributed by atoms with Crippen molar-refractivity contribution in [2.24, 2.45) is 0 Å². The van der Waals surface area contributed by atoms with Crippen LogP contribution in [0.1, 0.15) is 5.56 Å². The van der Waals surface area contributed by atoms with E-state index in [0.29, 0.717) is 11.2 Å². The molecule has 0 unspecified atom stereocenters. The molecular weight excluding hydrogens is 379 g/mol. The first-order valence-electron chi connectivity index (χ1n) is 7.46. The molecule has 0 fully saturated rings. The maximum atomic E-state index is 12.9. The summed E-state index contributed by atoms with van der Waals surface area (Å²) in [4.78, 5) is 16.2. The summed E-state index contributed by atoms with van der Waals surface area (Å²) in [7, 11) is -3.40. The molecule has 7 nitrogen and oxygen atoms in total. The minimum atomic E-state index is -3.40. The first kappa shape index (κ1) is 18.1. The number of fused-ring (bicyclic) bond motifs is 1. The van der Waals surface area contributed by atoms with Gasteiger partial charge in [-0.25, -0.2) is 22.6 Å². The zero-order chi connectivity index (χ0) is 18.7. The number of anilines is 2. The van der Waals surface area contributed by atoms with E-state index >= 15 is 0 Å². The molecule has 10 heteroatoms. The molecule has 0 aliphatic rings. The van der Waals surface area contributed by atoms with Crippen LogP contribution in [0.5, 0.6) is 0 Å². The van der Waals surface area contributed by atoms with Crippen LogP contribution in [0.3, 0.4) is 0 Å². The maximum absolute atomic E-state index is 12.9. The molecule has 0 atom stereocenters. The molecule has 26 heavy (non-hydrogen) atoms. The molecule has 0 spiro atoms. The van der Waals surface area contributed by atoms with Gasteiger partial charge in [0.15, 0.2) is 5.13 Å². The first-order chi connectivity index (χ1) is 12.3. The van der Waals surface area contributed by atoms with Gasteiger partial charge in [-0.1, -0.05) is 23.5 Å². The summed E-state index contributed by atoms with van der Waals surface area (Å²) in [6, 6.07) is 10.5. The smallest absolute Gasteiger partial charge is 0.319 e. The number of nitrogens with zero attached hydrogens (tertiary/aromatic N) is 1. The Morgan fingerprint density at radius 3 is 2.62 bits per heavy atom. The van der Waals surface area contributed by atoms with Crippen molar-refractivity contribution in [1.82, 2.24) is 10.3 Å². The van der Waals surface area contributed by atoms with E-state index in [0.717, 1.165) is 16.5 Å². The van der Waals surface area contributed by atoms with E-state index in [1.165, 1.54) is 23.5 Å². The average molecular weight is 394 g/mol. The van der Waals surface area contributed by atoms with Gasteiger partial charge in [-0.15, -0.1) is 0 Å². The van der Waals surface area contributed by atoms with Crippen molar-refractivity contribution in [3.05, 3.63) is 53.8 Å². The number of carbonyl (C=O) groups is 1. The van der Waals surface area contributed by atoms with E-state index in [1.807, 2.05) is 0 Å². The molecule has 3 aromatic rings. The summed E-state index contributed by atoms with van der Waals surface area (Å²) in [5.41, 5.74) is 1.86. The van der Waals surface area contributed by atoms with Crippen molar-refractivity contribution in [3.63, 3.8) is 0 Å². The zero-order valence-corrected chi connectivity index (χ0v) is 15.2. The van der Waals surface area contributed by atoms with Crippen LogP contribution in [-0.4, -0.2) is 25.7 Å². The second-order valence-corrected chi connectivity index (χ2v) is 8.29. The summed E-state index contributed by atoms with van der Waals surface area (Å²) in [6.07, 6.45) is 1.05. The lowest BCUT2D eigenvalue weighted by Gasteiger charge is -2.07. The van der Waals surface area contributed by atoms with Crippen LogP contribution >= 0.6 is 11.3 Å². The van der Waals surface area contributed by atoms with Gasteiger partial charge in [0.05, 0.1) is 16.5 Å². The highest BCUT2D eigenvalue weighted by Crippen LogP contribution is 2.28.